The average molecular weight is 600 g/mol. The van der Waals surface area contributed by atoms with Gasteiger partial charge in [-0.2, -0.15) is 9.64 Å². The molecule has 0 saturated heterocycles. The predicted molar refractivity (Wildman–Crippen MR) is 163 cm³/mol. The Balaban J connectivity index is 1.33. The number of ether oxygens (including phenoxy) is 1. The second kappa shape index (κ2) is 11.8. The van der Waals surface area contributed by atoms with Crippen LogP contribution in [-0.4, -0.2) is 37.0 Å². The van der Waals surface area contributed by atoms with E-state index < -0.39 is 10.0 Å². The van der Waals surface area contributed by atoms with Gasteiger partial charge in [0.05, 0.1) is 10.5 Å². The van der Waals surface area contributed by atoms with Gasteiger partial charge in [0.2, 0.25) is 5.13 Å². The molecule has 7 rings (SSSR count). The lowest BCUT2D eigenvalue weighted by atomic mass is 9.53. The number of nitriles is 1. The molecule has 0 fully saturated rings. The molecular weight excluding hydrogens is 567 g/mol. The van der Waals surface area contributed by atoms with Gasteiger partial charge < -0.3 is 10.1 Å². The summed E-state index contributed by atoms with van der Waals surface area (Å²) in [5.41, 5.74) is 5.49. The summed E-state index contributed by atoms with van der Waals surface area (Å²) in [5.74, 6) is 0.784. The molecule has 4 aromatic rings. The van der Waals surface area contributed by atoms with Crippen molar-refractivity contribution in [2.45, 2.75) is 61.4 Å². The number of hydrogen-bond donors (Lipinski definition) is 2. The van der Waals surface area contributed by atoms with Crippen molar-refractivity contribution >= 4 is 26.7 Å². The standard InChI is InChI=1S/C32H33N5O3S2/c1-2-3-16-34-20-23(40-30-13-12-24(17-22(30)19-33)42(38,39)37-31-35-21-36-41-31)18-32-15-14-25(26-8-4-6-10-28(26)32)27-9-5-7-11-29(27)32/h4-13,17,21,23,25,34H,2-3,14-16,18,20H2,1H3,(H,35,36,37). The molecule has 0 radical (unpaired) electrons. The van der Waals surface area contributed by atoms with Crippen LogP contribution in [0.25, 0.3) is 0 Å². The molecule has 0 spiro atoms. The molecule has 1 heterocycles. The number of fused-ring (bicyclic) bond motifs is 1. The molecule has 0 aliphatic heterocycles. The van der Waals surface area contributed by atoms with Crippen molar-refractivity contribution in [3.63, 3.8) is 0 Å². The summed E-state index contributed by atoms with van der Waals surface area (Å²) in [6, 6.07) is 24.1. The van der Waals surface area contributed by atoms with Gasteiger partial charge in [0.15, 0.2) is 0 Å². The molecule has 2 bridgehead atoms. The number of rotatable bonds is 12. The van der Waals surface area contributed by atoms with E-state index in [1.54, 1.807) is 6.07 Å². The number of aromatic nitrogens is 2. The maximum Gasteiger partial charge on any atom is 0.263 e. The Morgan fingerprint density at radius 2 is 1.86 bits per heavy atom. The first-order chi connectivity index (χ1) is 20.4. The van der Waals surface area contributed by atoms with Crippen molar-refractivity contribution in [2.24, 2.45) is 0 Å². The van der Waals surface area contributed by atoms with Crippen LogP contribution in [0.5, 0.6) is 5.75 Å². The van der Waals surface area contributed by atoms with E-state index in [-0.39, 0.29) is 27.1 Å². The van der Waals surface area contributed by atoms with Gasteiger partial charge in [-0.15, -0.1) is 0 Å². The Hall–Kier alpha value is -3.78. The first kappa shape index (κ1) is 28.3. The second-order valence-corrected chi connectivity index (χ2v) is 13.4. The molecule has 3 aromatic carbocycles. The lowest BCUT2D eigenvalue weighted by molar-refractivity contribution is 0.149. The van der Waals surface area contributed by atoms with Gasteiger partial charge in [-0.25, -0.2) is 13.4 Å². The summed E-state index contributed by atoms with van der Waals surface area (Å²) >= 11 is 0.941. The highest BCUT2D eigenvalue weighted by Gasteiger charge is 2.49. The van der Waals surface area contributed by atoms with Crippen LogP contribution < -0.4 is 14.8 Å². The smallest absolute Gasteiger partial charge is 0.263 e. The van der Waals surface area contributed by atoms with E-state index in [4.69, 9.17) is 4.74 Å². The summed E-state index contributed by atoms with van der Waals surface area (Å²) in [5, 5.41) is 13.8. The fraction of sp³-hybridized carbons (Fsp3) is 0.344. The molecule has 0 amide bonds. The van der Waals surface area contributed by atoms with Gasteiger partial charge in [0.1, 0.15) is 24.3 Å². The minimum absolute atomic E-state index is 0.0359. The maximum absolute atomic E-state index is 13.0. The van der Waals surface area contributed by atoms with Gasteiger partial charge in [-0.05, 0) is 72.7 Å². The van der Waals surface area contributed by atoms with E-state index >= 15 is 0 Å². The minimum Gasteiger partial charge on any atom is -0.488 e. The summed E-state index contributed by atoms with van der Waals surface area (Å²) < 4.78 is 38.8. The van der Waals surface area contributed by atoms with E-state index in [0.29, 0.717) is 18.2 Å². The highest BCUT2D eigenvalue weighted by atomic mass is 32.2. The van der Waals surface area contributed by atoms with Crippen molar-refractivity contribution < 1.29 is 13.2 Å². The third-order valence-electron chi connectivity index (χ3n) is 8.48. The van der Waals surface area contributed by atoms with Crippen LogP contribution in [-0.2, 0) is 15.4 Å². The van der Waals surface area contributed by atoms with Crippen LogP contribution in [0, 0.1) is 11.3 Å². The number of anilines is 1. The quantitative estimate of drug-likeness (QED) is 0.193. The zero-order chi connectivity index (χ0) is 29.2. The Morgan fingerprint density at radius 1 is 1.12 bits per heavy atom. The van der Waals surface area contributed by atoms with Crippen molar-refractivity contribution in [3.8, 4) is 11.8 Å². The fourth-order valence-electron chi connectivity index (χ4n) is 6.63. The largest absolute Gasteiger partial charge is 0.488 e. The SMILES string of the molecule is CCCCNCC(CC12CCC(c3ccccc31)c1ccccc12)Oc1ccc(S(=O)(=O)Nc2ncns2)cc1C#N. The zero-order valence-electron chi connectivity index (χ0n) is 23.4. The van der Waals surface area contributed by atoms with E-state index in [2.05, 4.69) is 80.9 Å². The van der Waals surface area contributed by atoms with Crippen molar-refractivity contribution in [3.05, 3.63) is 101 Å². The number of unbranched alkanes of at least 4 members (excludes halogenated alkanes) is 1. The van der Waals surface area contributed by atoms with Crippen molar-refractivity contribution in [1.29, 1.82) is 5.26 Å². The normalized spacial score (nSPS) is 19.4. The monoisotopic (exact) mass is 599 g/mol. The highest BCUT2D eigenvalue weighted by Crippen LogP contribution is 2.58. The molecule has 216 valence electrons. The van der Waals surface area contributed by atoms with Crippen LogP contribution >= 0.6 is 11.5 Å². The molecule has 42 heavy (non-hydrogen) atoms. The molecule has 8 nitrogen and oxygen atoms in total. The fourth-order valence-corrected chi connectivity index (χ4v) is 8.31. The lowest BCUT2D eigenvalue weighted by Crippen LogP contribution is -2.45. The predicted octanol–water partition coefficient (Wildman–Crippen LogP) is 5.96. The van der Waals surface area contributed by atoms with Gasteiger partial charge >= 0.3 is 0 Å². The van der Waals surface area contributed by atoms with Gasteiger partial charge in [0.25, 0.3) is 10.0 Å². The third kappa shape index (κ3) is 5.28. The van der Waals surface area contributed by atoms with E-state index in [9.17, 15) is 13.7 Å². The molecular formula is C32H33N5O3S2. The summed E-state index contributed by atoms with van der Waals surface area (Å²) in [6.07, 6.45) is 6.02. The van der Waals surface area contributed by atoms with Crippen LogP contribution in [0.3, 0.4) is 0 Å². The molecule has 1 atom stereocenters. The minimum atomic E-state index is -3.94. The summed E-state index contributed by atoms with van der Waals surface area (Å²) in [7, 11) is -3.94. The summed E-state index contributed by atoms with van der Waals surface area (Å²) in [4.78, 5) is 3.86. The van der Waals surface area contributed by atoms with Crippen LogP contribution in [0.4, 0.5) is 5.13 Å². The van der Waals surface area contributed by atoms with Crippen LogP contribution in [0.15, 0.2) is 78.0 Å². The number of nitrogens with zero attached hydrogens (tertiary/aromatic N) is 3. The van der Waals surface area contributed by atoms with E-state index in [1.165, 1.54) is 40.7 Å². The topological polar surface area (TPSA) is 117 Å². The Bertz CT molecular complexity index is 1670. The average Bonchev–Trinajstić information content (AvgIpc) is 3.52. The lowest BCUT2D eigenvalue weighted by Gasteiger charge is -2.50. The Morgan fingerprint density at radius 3 is 2.52 bits per heavy atom. The number of sulfonamides is 1. The van der Waals surface area contributed by atoms with Crippen LogP contribution in [0.2, 0.25) is 0 Å². The first-order valence-corrected chi connectivity index (χ1v) is 16.6. The number of nitrogens with one attached hydrogen (secondary N) is 2. The van der Waals surface area contributed by atoms with E-state index in [0.717, 1.165) is 50.2 Å². The number of benzene rings is 3. The Kier molecular flexibility index (Phi) is 7.99. The highest BCUT2D eigenvalue weighted by molar-refractivity contribution is 7.93. The molecule has 10 heteroatoms. The maximum atomic E-state index is 13.0. The van der Waals surface area contributed by atoms with Gasteiger partial charge in [-0.3, -0.25) is 4.72 Å². The van der Waals surface area contributed by atoms with Gasteiger partial charge in [-0.1, -0.05) is 61.9 Å². The first-order valence-electron chi connectivity index (χ1n) is 14.3. The summed E-state index contributed by atoms with van der Waals surface area (Å²) in [6.45, 7) is 3.65. The zero-order valence-corrected chi connectivity index (χ0v) is 25.0. The number of hydrogen-bond acceptors (Lipinski definition) is 8. The van der Waals surface area contributed by atoms with E-state index in [1.807, 2.05) is 0 Å². The molecule has 3 aliphatic carbocycles. The van der Waals surface area contributed by atoms with Crippen LogP contribution in [0.1, 0.15) is 72.8 Å². The molecule has 1 unspecified atom stereocenters. The van der Waals surface area contributed by atoms with Gasteiger partial charge in [0, 0.05) is 29.4 Å². The molecule has 2 N–H and O–H groups in total. The second-order valence-electron chi connectivity index (χ2n) is 11.0. The molecule has 0 saturated carbocycles. The molecule has 1 aromatic heterocycles. The van der Waals surface area contributed by atoms with Crippen molar-refractivity contribution in [2.75, 3.05) is 17.8 Å². The Labute approximate surface area is 251 Å². The molecule has 3 aliphatic rings. The van der Waals surface area contributed by atoms with Crippen molar-refractivity contribution in [1.82, 2.24) is 14.7 Å². The third-order valence-corrected chi connectivity index (χ3v) is 10.5.